The first kappa shape index (κ1) is 18.3. The van der Waals surface area contributed by atoms with Crippen molar-refractivity contribution in [3.8, 4) is 11.5 Å². The average Bonchev–Trinajstić information content (AvgIpc) is 2.62. The van der Waals surface area contributed by atoms with Gasteiger partial charge in [0.2, 0.25) is 0 Å². The minimum absolute atomic E-state index is 0.0420. The summed E-state index contributed by atoms with van der Waals surface area (Å²) < 4.78 is 15.5. The van der Waals surface area contributed by atoms with Crippen molar-refractivity contribution in [3.05, 3.63) is 54.1 Å². The van der Waals surface area contributed by atoms with Gasteiger partial charge in [0, 0.05) is 11.3 Å². The largest absolute Gasteiger partial charge is 0.496 e. The van der Waals surface area contributed by atoms with Gasteiger partial charge in [0.1, 0.15) is 11.5 Å². The number of carbonyl (C=O) groups is 2. The van der Waals surface area contributed by atoms with Crippen LogP contribution in [0.5, 0.6) is 11.5 Å². The molecule has 0 bridgehead atoms. The van der Waals surface area contributed by atoms with E-state index in [0.29, 0.717) is 23.6 Å². The number of esters is 1. The van der Waals surface area contributed by atoms with Gasteiger partial charge in [0.05, 0.1) is 20.1 Å². The Morgan fingerprint density at radius 1 is 1.04 bits per heavy atom. The highest BCUT2D eigenvalue weighted by Crippen LogP contribution is 2.18. The van der Waals surface area contributed by atoms with Gasteiger partial charge in [-0.15, -0.1) is 0 Å². The number of para-hydroxylation sites is 1. The smallest absolute Gasteiger partial charge is 0.310 e. The molecule has 0 heterocycles. The van der Waals surface area contributed by atoms with Crippen molar-refractivity contribution >= 4 is 17.6 Å². The van der Waals surface area contributed by atoms with Gasteiger partial charge in [-0.05, 0) is 37.3 Å². The summed E-state index contributed by atoms with van der Waals surface area (Å²) in [4.78, 5) is 23.7. The van der Waals surface area contributed by atoms with Gasteiger partial charge in [-0.25, -0.2) is 0 Å². The molecule has 25 heavy (non-hydrogen) atoms. The minimum Gasteiger partial charge on any atom is -0.496 e. The van der Waals surface area contributed by atoms with Gasteiger partial charge < -0.3 is 19.5 Å². The molecule has 0 saturated carbocycles. The predicted octanol–water partition coefficient (Wildman–Crippen LogP) is 2.82. The Morgan fingerprint density at radius 2 is 1.76 bits per heavy atom. The molecule has 0 unspecified atom stereocenters. The summed E-state index contributed by atoms with van der Waals surface area (Å²) in [6, 6.07) is 14.1. The van der Waals surface area contributed by atoms with E-state index in [0.717, 1.165) is 5.75 Å². The zero-order valence-electron chi connectivity index (χ0n) is 14.3. The molecule has 0 aromatic heterocycles. The Kier molecular flexibility index (Phi) is 6.83. The van der Waals surface area contributed by atoms with Crippen LogP contribution in [0.15, 0.2) is 48.5 Å². The van der Waals surface area contributed by atoms with Crippen molar-refractivity contribution < 1.29 is 23.8 Å². The maximum Gasteiger partial charge on any atom is 0.310 e. The third kappa shape index (κ3) is 5.84. The number of benzene rings is 2. The molecule has 1 N–H and O–H groups in total. The Morgan fingerprint density at radius 3 is 2.44 bits per heavy atom. The summed E-state index contributed by atoms with van der Waals surface area (Å²) in [7, 11) is 1.54. The molecule has 0 aliphatic rings. The van der Waals surface area contributed by atoms with Crippen LogP contribution in [0.2, 0.25) is 0 Å². The molecule has 0 saturated heterocycles. The molecule has 0 fully saturated rings. The summed E-state index contributed by atoms with van der Waals surface area (Å²) in [6.07, 6.45) is 0.0420. The van der Waals surface area contributed by atoms with E-state index in [-0.39, 0.29) is 13.0 Å². The van der Waals surface area contributed by atoms with Crippen LogP contribution in [-0.2, 0) is 20.7 Å². The van der Waals surface area contributed by atoms with Crippen molar-refractivity contribution in [3.63, 3.8) is 0 Å². The normalized spacial score (nSPS) is 10.0. The molecule has 0 radical (unpaired) electrons. The summed E-state index contributed by atoms with van der Waals surface area (Å²) in [5.41, 5.74) is 1.32. The predicted molar refractivity (Wildman–Crippen MR) is 93.9 cm³/mol. The molecule has 6 heteroatoms. The zero-order valence-corrected chi connectivity index (χ0v) is 14.3. The number of carbonyl (C=O) groups excluding carboxylic acids is 2. The van der Waals surface area contributed by atoms with Crippen molar-refractivity contribution in [2.45, 2.75) is 13.3 Å². The standard InChI is InChI=1S/C19H21NO5/c1-3-24-16-10-8-15(9-11-16)20-18(21)13-25-19(22)12-14-6-4-5-7-17(14)23-2/h4-11H,3,12-13H2,1-2H3,(H,20,21). The van der Waals surface area contributed by atoms with Gasteiger partial charge >= 0.3 is 5.97 Å². The summed E-state index contributed by atoms with van der Waals surface area (Å²) in [5, 5.41) is 2.66. The molecule has 2 rings (SSSR count). The van der Waals surface area contributed by atoms with E-state index in [1.165, 1.54) is 7.11 Å². The number of nitrogens with one attached hydrogen (secondary N) is 1. The fraction of sp³-hybridized carbons (Fsp3) is 0.263. The van der Waals surface area contributed by atoms with Crippen molar-refractivity contribution in [1.82, 2.24) is 0 Å². The summed E-state index contributed by atoms with van der Waals surface area (Å²) >= 11 is 0. The van der Waals surface area contributed by atoms with Crippen molar-refractivity contribution in [2.75, 3.05) is 25.6 Å². The zero-order chi connectivity index (χ0) is 18.1. The molecule has 2 aromatic carbocycles. The highest BCUT2D eigenvalue weighted by atomic mass is 16.5. The summed E-state index contributed by atoms with van der Waals surface area (Å²) in [5.74, 6) is 0.436. The third-order valence-corrected chi connectivity index (χ3v) is 3.34. The van der Waals surface area contributed by atoms with Crippen LogP contribution in [0.1, 0.15) is 12.5 Å². The molecule has 132 valence electrons. The molecule has 0 aliphatic heterocycles. The number of hydrogen-bond donors (Lipinski definition) is 1. The summed E-state index contributed by atoms with van der Waals surface area (Å²) in [6.45, 7) is 2.13. The van der Waals surface area contributed by atoms with Crippen LogP contribution in [0, 0.1) is 0 Å². The maximum atomic E-state index is 11.9. The molecule has 0 aliphatic carbocycles. The molecule has 1 amide bonds. The Labute approximate surface area is 146 Å². The number of anilines is 1. The van der Waals surface area contributed by atoms with Crippen LogP contribution in [0.3, 0.4) is 0 Å². The lowest BCUT2D eigenvalue weighted by Crippen LogP contribution is -2.21. The Hall–Kier alpha value is -3.02. The lowest BCUT2D eigenvalue weighted by Gasteiger charge is -2.09. The van der Waals surface area contributed by atoms with Crippen LogP contribution in [0.25, 0.3) is 0 Å². The van der Waals surface area contributed by atoms with Crippen LogP contribution >= 0.6 is 0 Å². The van der Waals surface area contributed by atoms with E-state index in [2.05, 4.69) is 5.32 Å². The van der Waals surface area contributed by atoms with Crippen LogP contribution in [-0.4, -0.2) is 32.2 Å². The van der Waals surface area contributed by atoms with E-state index >= 15 is 0 Å². The first-order chi connectivity index (χ1) is 12.1. The maximum absolute atomic E-state index is 11.9. The molecular weight excluding hydrogens is 322 g/mol. The second-order valence-corrected chi connectivity index (χ2v) is 5.15. The molecule has 0 spiro atoms. The lowest BCUT2D eigenvalue weighted by molar-refractivity contribution is -0.146. The topological polar surface area (TPSA) is 73.9 Å². The number of amides is 1. The molecule has 0 atom stereocenters. The van der Waals surface area contributed by atoms with Gasteiger partial charge in [-0.2, -0.15) is 0 Å². The number of hydrogen-bond acceptors (Lipinski definition) is 5. The lowest BCUT2D eigenvalue weighted by atomic mass is 10.1. The first-order valence-electron chi connectivity index (χ1n) is 7.92. The van der Waals surface area contributed by atoms with Gasteiger partial charge in [0.25, 0.3) is 5.91 Å². The van der Waals surface area contributed by atoms with Crippen molar-refractivity contribution in [1.29, 1.82) is 0 Å². The van der Waals surface area contributed by atoms with Crippen LogP contribution in [0.4, 0.5) is 5.69 Å². The van der Waals surface area contributed by atoms with Gasteiger partial charge in [-0.3, -0.25) is 9.59 Å². The Bertz CT molecular complexity index is 712. The first-order valence-corrected chi connectivity index (χ1v) is 7.92. The number of rotatable bonds is 8. The molecule has 2 aromatic rings. The highest BCUT2D eigenvalue weighted by Gasteiger charge is 2.11. The third-order valence-electron chi connectivity index (χ3n) is 3.34. The molecular formula is C19H21NO5. The fourth-order valence-corrected chi connectivity index (χ4v) is 2.20. The van der Waals surface area contributed by atoms with E-state index in [9.17, 15) is 9.59 Å². The quantitative estimate of drug-likeness (QED) is 0.746. The van der Waals surface area contributed by atoms with E-state index < -0.39 is 11.9 Å². The minimum atomic E-state index is -0.494. The second kappa shape index (κ2) is 9.32. The van der Waals surface area contributed by atoms with Gasteiger partial charge in [0.15, 0.2) is 6.61 Å². The number of methoxy groups -OCH3 is 1. The Balaban J connectivity index is 1.80. The second-order valence-electron chi connectivity index (χ2n) is 5.15. The highest BCUT2D eigenvalue weighted by molar-refractivity contribution is 5.92. The van der Waals surface area contributed by atoms with E-state index in [4.69, 9.17) is 14.2 Å². The SMILES string of the molecule is CCOc1ccc(NC(=O)COC(=O)Cc2ccccc2OC)cc1. The van der Waals surface area contributed by atoms with E-state index in [1.54, 1.807) is 36.4 Å². The van der Waals surface area contributed by atoms with E-state index in [1.807, 2.05) is 19.1 Å². The van der Waals surface area contributed by atoms with Crippen LogP contribution < -0.4 is 14.8 Å². The monoisotopic (exact) mass is 343 g/mol. The average molecular weight is 343 g/mol. The van der Waals surface area contributed by atoms with Gasteiger partial charge in [-0.1, -0.05) is 18.2 Å². The number of ether oxygens (including phenoxy) is 3. The molecule has 6 nitrogen and oxygen atoms in total. The fourth-order valence-electron chi connectivity index (χ4n) is 2.20. The van der Waals surface area contributed by atoms with Crippen molar-refractivity contribution in [2.24, 2.45) is 0 Å².